The highest BCUT2D eigenvalue weighted by molar-refractivity contribution is 7.89. The van der Waals surface area contributed by atoms with E-state index >= 15 is 0 Å². The standard InChI is InChI=1S/C15H22N2O3S/c1-4-17(5-2)21(19,20)13-8-6-7-12(10-13)16-15(18)14-9-11(14)3/h6-8,10-11,14H,4-5,9H2,1-3H3,(H,16,18)/t11-,14+/m0/s1. The predicted molar refractivity (Wildman–Crippen MR) is 82.4 cm³/mol. The van der Waals surface area contributed by atoms with E-state index in [0.29, 0.717) is 24.7 Å². The molecule has 0 spiro atoms. The van der Waals surface area contributed by atoms with Gasteiger partial charge in [-0.3, -0.25) is 4.79 Å². The van der Waals surface area contributed by atoms with Gasteiger partial charge in [-0.15, -0.1) is 0 Å². The van der Waals surface area contributed by atoms with Crippen molar-refractivity contribution in [2.75, 3.05) is 18.4 Å². The molecular formula is C15H22N2O3S. The van der Waals surface area contributed by atoms with Crippen LogP contribution in [0.4, 0.5) is 5.69 Å². The third-order valence-electron chi connectivity index (χ3n) is 3.89. The molecule has 6 heteroatoms. The minimum Gasteiger partial charge on any atom is -0.326 e. The first-order valence-corrected chi connectivity index (χ1v) is 8.75. The minimum atomic E-state index is -3.49. The van der Waals surface area contributed by atoms with E-state index in [1.165, 1.54) is 10.4 Å². The van der Waals surface area contributed by atoms with Gasteiger partial charge < -0.3 is 5.32 Å². The third-order valence-corrected chi connectivity index (χ3v) is 5.94. The zero-order valence-electron chi connectivity index (χ0n) is 12.7. The van der Waals surface area contributed by atoms with Crippen LogP contribution in [0, 0.1) is 11.8 Å². The normalized spacial score (nSPS) is 21.3. The van der Waals surface area contributed by atoms with E-state index in [2.05, 4.69) is 5.32 Å². The lowest BCUT2D eigenvalue weighted by atomic mass is 10.3. The summed E-state index contributed by atoms with van der Waals surface area (Å²) >= 11 is 0. The zero-order valence-corrected chi connectivity index (χ0v) is 13.5. The Morgan fingerprint density at radius 3 is 2.48 bits per heavy atom. The maximum atomic E-state index is 12.4. The summed E-state index contributed by atoms with van der Waals surface area (Å²) in [5.74, 6) is 0.459. The highest BCUT2D eigenvalue weighted by Crippen LogP contribution is 2.38. The largest absolute Gasteiger partial charge is 0.326 e. The molecule has 1 aliphatic rings. The molecule has 0 saturated heterocycles. The van der Waals surface area contributed by atoms with Crippen LogP contribution in [0.5, 0.6) is 0 Å². The fourth-order valence-electron chi connectivity index (χ4n) is 2.37. The number of anilines is 1. The number of nitrogens with zero attached hydrogens (tertiary/aromatic N) is 1. The molecule has 0 aromatic heterocycles. The zero-order chi connectivity index (χ0) is 15.6. The van der Waals surface area contributed by atoms with E-state index in [4.69, 9.17) is 0 Å². The number of amides is 1. The Bertz CT molecular complexity index is 624. The van der Waals surface area contributed by atoms with Crippen molar-refractivity contribution in [1.82, 2.24) is 4.31 Å². The first kappa shape index (κ1) is 16.0. The van der Waals surface area contributed by atoms with E-state index in [-0.39, 0.29) is 16.7 Å². The van der Waals surface area contributed by atoms with Gasteiger partial charge in [-0.2, -0.15) is 4.31 Å². The number of hydrogen-bond donors (Lipinski definition) is 1. The summed E-state index contributed by atoms with van der Waals surface area (Å²) in [5.41, 5.74) is 0.535. The van der Waals surface area contributed by atoms with Gasteiger partial charge in [0.05, 0.1) is 4.90 Å². The smallest absolute Gasteiger partial charge is 0.243 e. The second-order valence-corrected chi connectivity index (χ2v) is 7.36. The van der Waals surface area contributed by atoms with Gasteiger partial charge >= 0.3 is 0 Å². The van der Waals surface area contributed by atoms with E-state index in [0.717, 1.165) is 6.42 Å². The lowest BCUT2D eigenvalue weighted by Crippen LogP contribution is -2.30. The molecule has 5 nitrogen and oxygen atoms in total. The molecule has 1 aromatic rings. The van der Waals surface area contributed by atoms with Gasteiger partial charge in [-0.05, 0) is 30.5 Å². The lowest BCUT2D eigenvalue weighted by Gasteiger charge is -2.18. The van der Waals surface area contributed by atoms with Crippen molar-refractivity contribution in [3.05, 3.63) is 24.3 Å². The highest BCUT2D eigenvalue weighted by Gasteiger charge is 2.39. The number of sulfonamides is 1. The Morgan fingerprint density at radius 2 is 1.95 bits per heavy atom. The Morgan fingerprint density at radius 1 is 1.33 bits per heavy atom. The SMILES string of the molecule is CCN(CC)S(=O)(=O)c1cccc(NC(=O)[C@@H]2C[C@@H]2C)c1. The molecule has 2 atom stereocenters. The topological polar surface area (TPSA) is 66.5 Å². The Balaban J connectivity index is 2.19. The molecule has 0 radical (unpaired) electrons. The van der Waals surface area contributed by atoms with Gasteiger partial charge in [0, 0.05) is 24.7 Å². The van der Waals surface area contributed by atoms with Crippen molar-refractivity contribution in [2.24, 2.45) is 11.8 Å². The van der Waals surface area contributed by atoms with Gasteiger partial charge in [-0.25, -0.2) is 8.42 Å². The molecule has 21 heavy (non-hydrogen) atoms. The van der Waals surface area contributed by atoms with Crippen LogP contribution in [0.25, 0.3) is 0 Å². The summed E-state index contributed by atoms with van der Waals surface area (Å²) in [6, 6.07) is 6.45. The Hall–Kier alpha value is -1.40. The summed E-state index contributed by atoms with van der Waals surface area (Å²) in [4.78, 5) is 12.1. The molecule has 1 saturated carbocycles. The number of hydrogen-bond acceptors (Lipinski definition) is 3. The first-order chi connectivity index (χ1) is 9.90. The van der Waals surface area contributed by atoms with Gasteiger partial charge in [0.2, 0.25) is 15.9 Å². The molecule has 0 unspecified atom stereocenters. The van der Waals surface area contributed by atoms with Crippen LogP contribution in [-0.4, -0.2) is 31.7 Å². The maximum absolute atomic E-state index is 12.4. The second-order valence-electron chi connectivity index (χ2n) is 5.43. The van der Waals surface area contributed by atoms with Crippen molar-refractivity contribution in [3.8, 4) is 0 Å². The summed E-state index contributed by atoms with van der Waals surface area (Å²) in [5, 5.41) is 2.80. The summed E-state index contributed by atoms with van der Waals surface area (Å²) in [6.07, 6.45) is 0.906. The number of carbonyl (C=O) groups excluding carboxylic acids is 1. The summed E-state index contributed by atoms with van der Waals surface area (Å²) in [6.45, 7) is 6.50. The fraction of sp³-hybridized carbons (Fsp3) is 0.533. The van der Waals surface area contributed by atoms with Gasteiger partial charge in [-0.1, -0.05) is 26.8 Å². The van der Waals surface area contributed by atoms with Crippen molar-refractivity contribution in [1.29, 1.82) is 0 Å². The molecule has 1 N–H and O–H groups in total. The lowest BCUT2D eigenvalue weighted by molar-refractivity contribution is -0.117. The van der Waals surface area contributed by atoms with E-state index in [9.17, 15) is 13.2 Å². The van der Waals surface area contributed by atoms with E-state index < -0.39 is 10.0 Å². The molecule has 1 fully saturated rings. The number of nitrogens with one attached hydrogen (secondary N) is 1. The molecule has 116 valence electrons. The number of rotatable bonds is 6. The molecule has 1 aliphatic carbocycles. The first-order valence-electron chi connectivity index (χ1n) is 7.31. The minimum absolute atomic E-state index is 0.0279. The maximum Gasteiger partial charge on any atom is 0.243 e. The molecule has 0 bridgehead atoms. The van der Waals surface area contributed by atoms with Gasteiger partial charge in [0.15, 0.2) is 0 Å². The van der Waals surface area contributed by atoms with Crippen LogP contribution in [-0.2, 0) is 14.8 Å². The monoisotopic (exact) mass is 310 g/mol. The van der Waals surface area contributed by atoms with Crippen molar-refractivity contribution >= 4 is 21.6 Å². The Kier molecular flexibility index (Phi) is 4.68. The van der Waals surface area contributed by atoms with Crippen molar-refractivity contribution < 1.29 is 13.2 Å². The van der Waals surface area contributed by atoms with Gasteiger partial charge in [0.25, 0.3) is 0 Å². The average Bonchev–Trinajstić information content (AvgIpc) is 3.17. The molecule has 0 aliphatic heterocycles. The van der Waals surface area contributed by atoms with Crippen LogP contribution < -0.4 is 5.32 Å². The number of carbonyl (C=O) groups is 1. The molecular weight excluding hydrogens is 288 g/mol. The van der Waals surface area contributed by atoms with Crippen LogP contribution in [0.1, 0.15) is 27.2 Å². The van der Waals surface area contributed by atoms with Crippen LogP contribution in [0.15, 0.2) is 29.2 Å². The molecule has 1 aromatic carbocycles. The predicted octanol–water partition coefficient (Wildman–Crippen LogP) is 2.31. The summed E-state index contributed by atoms with van der Waals surface area (Å²) < 4.78 is 26.3. The van der Waals surface area contributed by atoms with Gasteiger partial charge in [0.1, 0.15) is 0 Å². The fourth-order valence-corrected chi connectivity index (χ4v) is 3.87. The van der Waals surface area contributed by atoms with Crippen LogP contribution >= 0.6 is 0 Å². The molecule has 2 rings (SSSR count). The number of benzene rings is 1. The van der Waals surface area contributed by atoms with E-state index in [1.807, 2.05) is 6.92 Å². The van der Waals surface area contributed by atoms with E-state index in [1.54, 1.807) is 32.0 Å². The van der Waals surface area contributed by atoms with Crippen molar-refractivity contribution in [3.63, 3.8) is 0 Å². The van der Waals surface area contributed by atoms with Crippen molar-refractivity contribution in [2.45, 2.75) is 32.1 Å². The van der Waals surface area contributed by atoms with Crippen LogP contribution in [0.3, 0.4) is 0 Å². The molecule has 1 amide bonds. The quantitative estimate of drug-likeness (QED) is 0.877. The Labute approximate surface area is 126 Å². The third kappa shape index (κ3) is 3.44. The molecule has 0 heterocycles. The van der Waals surface area contributed by atoms with Crippen LogP contribution in [0.2, 0.25) is 0 Å². The average molecular weight is 310 g/mol. The highest BCUT2D eigenvalue weighted by atomic mass is 32.2. The second kappa shape index (κ2) is 6.15. The summed E-state index contributed by atoms with van der Waals surface area (Å²) in [7, 11) is -3.49.